The van der Waals surface area contributed by atoms with E-state index in [2.05, 4.69) is 43.1 Å². The summed E-state index contributed by atoms with van der Waals surface area (Å²) >= 11 is 6.23. The molecule has 1 aromatic heterocycles. The Morgan fingerprint density at radius 2 is 2.00 bits per heavy atom. The van der Waals surface area contributed by atoms with Crippen LogP contribution in [0.2, 0.25) is 5.02 Å². The normalized spacial score (nSPS) is 40.3. The number of fused-ring (bicyclic) bond motifs is 5. The van der Waals surface area contributed by atoms with Crippen LogP contribution < -0.4 is 0 Å². The van der Waals surface area contributed by atoms with Crippen molar-refractivity contribution in [1.82, 2.24) is 4.98 Å². The summed E-state index contributed by atoms with van der Waals surface area (Å²) in [5.74, 6) is 1.32. The van der Waals surface area contributed by atoms with Crippen molar-refractivity contribution in [1.29, 1.82) is 0 Å². The Morgan fingerprint density at radius 3 is 2.81 bits per heavy atom. The number of nitrogens with zero attached hydrogens (tertiary/aromatic N) is 1. The van der Waals surface area contributed by atoms with Gasteiger partial charge in [0, 0.05) is 17.8 Å². The van der Waals surface area contributed by atoms with Crippen molar-refractivity contribution in [3.63, 3.8) is 0 Å². The van der Waals surface area contributed by atoms with Crippen LogP contribution in [0, 0.1) is 22.7 Å². The lowest BCUT2D eigenvalue weighted by Gasteiger charge is -2.56. The molecule has 0 aliphatic heterocycles. The maximum Gasteiger partial charge on any atom is 0.0595 e. The number of allylic oxidation sites excluding steroid dienone is 5. The fraction of sp³-hybridized carbons (Fsp3) is 0.542. The van der Waals surface area contributed by atoms with Crippen molar-refractivity contribution >= 4 is 17.2 Å². The van der Waals surface area contributed by atoms with E-state index in [1.807, 2.05) is 6.20 Å². The Labute approximate surface area is 167 Å². The maximum atomic E-state index is 10.2. The van der Waals surface area contributed by atoms with Crippen LogP contribution in [-0.2, 0) is 0 Å². The average Bonchev–Trinajstić information content (AvgIpc) is 2.99. The molecule has 4 aliphatic carbocycles. The average molecular weight is 382 g/mol. The molecule has 0 amide bonds. The highest BCUT2D eigenvalue weighted by molar-refractivity contribution is 6.30. The second kappa shape index (κ2) is 6.06. The Balaban J connectivity index is 1.49. The van der Waals surface area contributed by atoms with E-state index >= 15 is 0 Å². The number of aliphatic hydroxyl groups is 1. The van der Waals surface area contributed by atoms with E-state index in [9.17, 15) is 5.11 Å². The second-order valence-corrected chi connectivity index (χ2v) is 9.89. The van der Waals surface area contributed by atoms with E-state index < -0.39 is 0 Å². The first-order chi connectivity index (χ1) is 12.9. The lowest BCUT2D eigenvalue weighted by atomic mass is 9.49. The predicted molar refractivity (Wildman–Crippen MR) is 110 cm³/mol. The van der Waals surface area contributed by atoms with Crippen molar-refractivity contribution in [2.24, 2.45) is 22.7 Å². The Hall–Kier alpha value is -1.38. The van der Waals surface area contributed by atoms with Crippen LogP contribution >= 0.6 is 11.6 Å². The summed E-state index contributed by atoms with van der Waals surface area (Å²) in [6.07, 6.45) is 17.2. The summed E-state index contributed by atoms with van der Waals surface area (Å²) in [4.78, 5) is 4.32. The second-order valence-electron chi connectivity index (χ2n) is 9.46. The molecule has 5 rings (SSSR count). The number of aliphatic hydroxyl groups excluding tert-OH is 1. The lowest BCUT2D eigenvalue weighted by molar-refractivity contribution is 0.0369. The van der Waals surface area contributed by atoms with Gasteiger partial charge in [-0.25, -0.2) is 0 Å². The first-order valence-electron chi connectivity index (χ1n) is 10.3. The van der Waals surface area contributed by atoms with Crippen molar-refractivity contribution in [2.45, 2.75) is 58.5 Å². The van der Waals surface area contributed by atoms with Crippen molar-refractivity contribution in [3.05, 3.63) is 58.4 Å². The van der Waals surface area contributed by atoms with Gasteiger partial charge in [0.15, 0.2) is 0 Å². The smallest absolute Gasteiger partial charge is 0.0595 e. The number of pyridine rings is 1. The highest BCUT2D eigenvalue weighted by Crippen LogP contribution is 2.64. The van der Waals surface area contributed by atoms with Gasteiger partial charge in [-0.15, -0.1) is 0 Å². The van der Waals surface area contributed by atoms with E-state index in [0.717, 1.165) is 31.2 Å². The molecule has 2 fully saturated rings. The zero-order chi connectivity index (χ0) is 18.8. The third-order valence-electron chi connectivity index (χ3n) is 8.14. The van der Waals surface area contributed by atoms with Gasteiger partial charge in [-0.1, -0.05) is 54.8 Å². The quantitative estimate of drug-likeness (QED) is 0.607. The number of hydrogen-bond donors (Lipinski definition) is 1. The summed E-state index contributed by atoms with van der Waals surface area (Å²) in [5, 5.41) is 10.9. The van der Waals surface area contributed by atoms with Gasteiger partial charge < -0.3 is 5.11 Å². The molecule has 0 bridgehead atoms. The number of rotatable bonds is 1. The molecule has 0 aromatic carbocycles. The fourth-order valence-corrected chi connectivity index (χ4v) is 6.80. The third-order valence-corrected chi connectivity index (χ3v) is 8.35. The van der Waals surface area contributed by atoms with E-state index in [1.54, 1.807) is 11.8 Å². The van der Waals surface area contributed by atoms with Crippen LogP contribution in [0.1, 0.15) is 57.9 Å². The Morgan fingerprint density at radius 1 is 1.15 bits per heavy atom. The zero-order valence-corrected chi connectivity index (χ0v) is 17.0. The molecule has 1 N–H and O–H groups in total. The minimum atomic E-state index is -0.135. The SMILES string of the molecule is C[C@]12CCC3C(CC=C4C[C@@H](O)CC[C@@]43C)C1=CC=C2c1cncc(Cl)c1. The summed E-state index contributed by atoms with van der Waals surface area (Å²) in [5.41, 5.74) is 6.04. The van der Waals surface area contributed by atoms with Gasteiger partial charge >= 0.3 is 0 Å². The van der Waals surface area contributed by atoms with Gasteiger partial charge in [-0.2, -0.15) is 0 Å². The molecule has 2 unspecified atom stereocenters. The molecular formula is C24H28ClNO. The molecule has 1 heterocycles. The van der Waals surface area contributed by atoms with E-state index in [1.165, 1.54) is 24.0 Å². The molecule has 4 aliphatic rings. The Bertz CT molecular complexity index is 884. The van der Waals surface area contributed by atoms with Gasteiger partial charge in [-0.05, 0) is 73.0 Å². The molecule has 142 valence electrons. The van der Waals surface area contributed by atoms with Crippen molar-refractivity contribution in [2.75, 3.05) is 0 Å². The summed E-state index contributed by atoms with van der Waals surface area (Å²) < 4.78 is 0. The third kappa shape index (κ3) is 2.53. The lowest BCUT2D eigenvalue weighted by Crippen LogP contribution is -2.47. The first-order valence-corrected chi connectivity index (χ1v) is 10.7. The van der Waals surface area contributed by atoms with Crippen LogP contribution in [0.4, 0.5) is 0 Å². The molecular weight excluding hydrogens is 354 g/mol. The van der Waals surface area contributed by atoms with Gasteiger partial charge in [0.1, 0.15) is 0 Å². The minimum absolute atomic E-state index is 0.101. The summed E-state index contributed by atoms with van der Waals surface area (Å²) in [7, 11) is 0. The molecule has 27 heavy (non-hydrogen) atoms. The Kier molecular flexibility index (Phi) is 3.97. The maximum absolute atomic E-state index is 10.2. The number of hydrogen-bond acceptors (Lipinski definition) is 2. The van der Waals surface area contributed by atoms with Crippen LogP contribution in [0.5, 0.6) is 0 Å². The molecule has 0 spiro atoms. The molecule has 2 saturated carbocycles. The standard InChI is InChI=1S/C24H28ClNO/c1-23-9-7-18(27)12-16(23)3-4-19-21-6-5-20(15-11-17(25)14-26-13-15)24(21,2)10-8-22(19)23/h3,5-6,11,13-14,18-19,22,27H,4,7-10,12H2,1-2H3/t18-,19?,22?,23-,24+/m0/s1. The number of aromatic nitrogens is 1. The van der Waals surface area contributed by atoms with Gasteiger partial charge in [0.25, 0.3) is 0 Å². The van der Waals surface area contributed by atoms with Crippen LogP contribution in [-0.4, -0.2) is 16.2 Å². The molecule has 3 heteroatoms. The summed E-state index contributed by atoms with van der Waals surface area (Å²) in [6, 6.07) is 2.05. The topological polar surface area (TPSA) is 33.1 Å². The van der Waals surface area contributed by atoms with Crippen LogP contribution in [0.3, 0.4) is 0 Å². The monoisotopic (exact) mass is 381 g/mol. The molecule has 0 radical (unpaired) electrons. The molecule has 0 saturated heterocycles. The highest BCUT2D eigenvalue weighted by atomic mass is 35.5. The molecule has 5 atom stereocenters. The first kappa shape index (κ1) is 17.7. The van der Waals surface area contributed by atoms with Crippen LogP contribution in [0.25, 0.3) is 5.57 Å². The highest BCUT2D eigenvalue weighted by Gasteiger charge is 2.54. The van der Waals surface area contributed by atoms with E-state index in [0.29, 0.717) is 16.9 Å². The van der Waals surface area contributed by atoms with Crippen LogP contribution in [0.15, 0.2) is 47.8 Å². The van der Waals surface area contributed by atoms with Crippen molar-refractivity contribution < 1.29 is 5.11 Å². The fourth-order valence-electron chi connectivity index (χ4n) is 6.62. The predicted octanol–water partition coefficient (Wildman–Crippen LogP) is 5.97. The van der Waals surface area contributed by atoms with E-state index in [4.69, 9.17) is 11.6 Å². The molecule has 1 aromatic rings. The summed E-state index contributed by atoms with van der Waals surface area (Å²) in [6.45, 7) is 4.88. The van der Waals surface area contributed by atoms with Gasteiger partial charge in [0.2, 0.25) is 0 Å². The van der Waals surface area contributed by atoms with Crippen molar-refractivity contribution in [3.8, 4) is 0 Å². The van der Waals surface area contributed by atoms with Gasteiger partial charge in [0.05, 0.1) is 11.1 Å². The minimum Gasteiger partial charge on any atom is -0.393 e. The van der Waals surface area contributed by atoms with Gasteiger partial charge in [-0.3, -0.25) is 4.98 Å². The largest absolute Gasteiger partial charge is 0.393 e. The van der Waals surface area contributed by atoms with E-state index in [-0.39, 0.29) is 16.9 Å². The zero-order valence-electron chi connectivity index (χ0n) is 16.2. The molecule has 2 nitrogen and oxygen atoms in total. The number of halogens is 1.